The minimum Gasteiger partial charge on any atom is -0.376 e. The molecule has 3 rings (SSSR count). The lowest BCUT2D eigenvalue weighted by Crippen LogP contribution is -2.54. The fraction of sp³-hybridized carbons (Fsp3) is 0.429. The predicted molar refractivity (Wildman–Crippen MR) is 104 cm³/mol. The maximum absolute atomic E-state index is 13.3. The van der Waals surface area contributed by atoms with Gasteiger partial charge in [-0.05, 0) is 43.7 Å². The first-order valence-corrected chi connectivity index (χ1v) is 9.71. The summed E-state index contributed by atoms with van der Waals surface area (Å²) in [6, 6.07) is 6.13. The molecule has 1 N–H and O–H groups in total. The lowest BCUT2D eigenvalue weighted by molar-refractivity contribution is -0.258. The average Bonchev–Trinajstić information content (AvgIpc) is 2.72. The fourth-order valence-corrected chi connectivity index (χ4v) is 3.59. The van der Waals surface area contributed by atoms with Crippen LogP contribution in [0.3, 0.4) is 0 Å². The molecule has 1 fully saturated rings. The third-order valence-electron chi connectivity index (χ3n) is 5.53. The van der Waals surface area contributed by atoms with Crippen molar-refractivity contribution in [3.63, 3.8) is 0 Å². The molecule has 2 aromatic rings. The van der Waals surface area contributed by atoms with Crippen LogP contribution in [-0.2, 0) is 11.8 Å². The van der Waals surface area contributed by atoms with E-state index in [0.717, 1.165) is 18.2 Å². The largest absolute Gasteiger partial charge is 0.421 e. The van der Waals surface area contributed by atoms with Crippen LogP contribution in [0, 0.1) is 0 Å². The highest BCUT2D eigenvalue weighted by molar-refractivity contribution is 5.94. The maximum Gasteiger partial charge on any atom is 0.421 e. The molecule has 11 heteroatoms. The van der Waals surface area contributed by atoms with Gasteiger partial charge in [-0.1, -0.05) is 12.1 Å². The summed E-state index contributed by atoms with van der Waals surface area (Å²) in [5, 5.41) is 9.75. The molecule has 174 valence electrons. The molecule has 1 aromatic heterocycles. The molecule has 1 aliphatic heterocycles. The van der Waals surface area contributed by atoms with Crippen LogP contribution in [0.2, 0.25) is 0 Å². The summed E-state index contributed by atoms with van der Waals surface area (Å²) in [5.41, 5.74) is -4.22. The monoisotopic (exact) mass is 461 g/mol. The lowest BCUT2D eigenvalue weighted by Gasteiger charge is -2.41. The molecule has 5 nitrogen and oxygen atoms in total. The van der Waals surface area contributed by atoms with E-state index in [4.69, 9.17) is 0 Å². The number of alkyl halides is 6. The quantitative estimate of drug-likeness (QED) is 0.696. The minimum atomic E-state index is -4.88. The predicted octanol–water partition coefficient (Wildman–Crippen LogP) is 4.22. The van der Waals surface area contributed by atoms with Crippen LogP contribution < -0.4 is 4.90 Å². The number of amides is 1. The Balaban J connectivity index is 1.75. The van der Waals surface area contributed by atoms with Crippen molar-refractivity contribution in [2.24, 2.45) is 0 Å². The van der Waals surface area contributed by atoms with Crippen molar-refractivity contribution in [2.45, 2.75) is 37.8 Å². The second-order valence-electron chi connectivity index (χ2n) is 7.81. The van der Waals surface area contributed by atoms with Crippen molar-refractivity contribution in [1.82, 2.24) is 9.88 Å². The number of rotatable bonds is 3. The number of carbonyl (C=O) groups excluding carboxylic acids is 1. The highest BCUT2D eigenvalue weighted by atomic mass is 19.4. The fourth-order valence-electron chi connectivity index (χ4n) is 3.59. The minimum absolute atomic E-state index is 0.104. The second-order valence-corrected chi connectivity index (χ2v) is 7.81. The van der Waals surface area contributed by atoms with Crippen LogP contribution in [0.15, 0.2) is 42.6 Å². The number of aliphatic hydroxyl groups is 1. The summed E-state index contributed by atoms with van der Waals surface area (Å²) >= 11 is 0. The van der Waals surface area contributed by atoms with Crippen molar-refractivity contribution in [3.8, 4) is 0 Å². The zero-order valence-electron chi connectivity index (χ0n) is 17.2. The van der Waals surface area contributed by atoms with Gasteiger partial charge >= 0.3 is 12.4 Å². The molecule has 2 atom stereocenters. The van der Waals surface area contributed by atoms with Gasteiger partial charge in [-0.3, -0.25) is 4.79 Å². The molecule has 0 radical (unpaired) electrons. The summed E-state index contributed by atoms with van der Waals surface area (Å²) in [4.78, 5) is 19.6. The zero-order chi connectivity index (χ0) is 23.9. The average molecular weight is 461 g/mol. The molecule has 1 amide bonds. The number of pyridine rings is 1. The molecule has 1 saturated heterocycles. The van der Waals surface area contributed by atoms with E-state index < -0.39 is 41.0 Å². The van der Waals surface area contributed by atoms with E-state index in [1.165, 1.54) is 34.2 Å². The van der Waals surface area contributed by atoms with E-state index in [2.05, 4.69) is 4.98 Å². The Morgan fingerprint density at radius 1 is 1.06 bits per heavy atom. The van der Waals surface area contributed by atoms with Crippen LogP contribution in [0.4, 0.5) is 32.2 Å². The third kappa shape index (κ3) is 4.52. The first-order chi connectivity index (χ1) is 14.7. The summed E-state index contributed by atoms with van der Waals surface area (Å²) in [6.07, 6.45) is -8.19. The van der Waals surface area contributed by atoms with E-state index >= 15 is 0 Å². The Morgan fingerprint density at radius 3 is 2.22 bits per heavy atom. The highest BCUT2D eigenvalue weighted by Crippen LogP contribution is 2.39. The van der Waals surface area contributed by atoms with Gasteiger partial charge in [0.2, 0.25) is 0 Å². The van der Waals surface area contributed by atoms with Crippen LogP contribution >= 0.6 is 0 Å². The molecule has 0 saturated carbocycles. The Morgan fingerprint density at radius 2 is 1.69 bits per heavy atom. The molecule has 32 heavy (non-hydrogen) atoms. The van der Waals surface area contributed by atoms with Gasteiger partial charge in [0.15, 0.2) is 5.60 Å². The number of anilines is 1. The van der Waals surface area contributed by atoms with Crippen molar-refractivity contribution >= 4 is 11.7 Å². The van der Waals surface area contributed by atoms with Gasteiger partial charge in [-0.25, -0.2) is 4.98 Å². The van der Waals surface area contributed by atoms with E-state index in [1.54, 1.807) is 6.92 Å². The Labute approximate surface area is 180 Å². The van der Waals surface area contributed by atoms with Crippen LogP contribution in [0.1, 0.15) is 35.3 Å². The van der Waals surface area contributed by atoms with Crippen molar-refractivity contribution in [1.29, 1.82) is 0 Å². The van der Waals surface area contributed by atoms with Crippen molar-refractivity contribution < 1.29 is 36.2 Å². The van der Waals surface area contributed by atoms with Crippen molar-refractivity contribution in [3.05, 3.63) is 59.3 Å². The van der Waals surface area contributed by atoms with Gasteiger partial charge in [0, 0.05) is 37.4 Å². The van der Waals surface area contributed by atoms with Gasteiger partial charge in [0.25, 0.3) is 5.91 Å². The molecule has 0 spiro atoms. The molecule has 2 heterocycles. The summed E-state index contributed by atoms with van der Waals surface area (Å²) in [5.74, 6) is -0.676. The third-order valence-corrected chi connectivity index (χ3v) is 5.53. The Hall–Kier alpha value is -2.82. The molecular formula is C21H21F6N3O2. The molecule has 0 unspecified atom stereocenters. The number of piperazine rings is 1. The number of benzene rings is 1. The van der Waals surface area contributed by atoms with Gasteiger partial charge in [0.1, 0.15) is 5.82 Å². The Bertz CT molecular complexity index is 973. The second kappa shape index (κ2) is 8.27. The van der Waals surface area contributed by atoms with Crippen molar-refractivity contribution in [2.75, 3.05) is 24.5 Å². The van der Waals surface area contributed by atoms with Gasteiger partial charge in [-0.15, -0.1) is 0 Å². The van der Waals surface area contributed by atoms with Crippen LogP contribution in [0.25, 0.3) is 0 Å². The molecule has 1 aliphatic rings. The SMILES string of the molecule is C[C@H]1CN(c2ncccc2C(F)(F)F)CCN1C(=O)c1ccc([C@](C)(O)C(F)(F)F)cc1. The number of hydrogen-bond acceptors (Lipinski definition) is 4. The molecular weight excluding hydrogens is 440 g/mol. The zero-order valence-corrected chi connectivity index (χ0v) is 17.2. The van der Waals surface area contributed by atoms with Gasteiger partial charge in [0.05, 0.1) is 5.56 Å². The first-order valence-electron chi connectivity index (χ1n) is 9.71. The molecule has 0 bridgehead atoms. The smallest absolute Gasteiger partial charge is 0.376 e. The number of halogens is 6. The number of aromatic nitrogens is 1. The summed E-state index contributed by atoms with van der Waals surface area (Å²) in [6.45, 7) is 2.61. The summed E-state index contributed by atoms with van der Waals surface area (Å²) < 4.78 is 78.9. The van der Waals surface area contributed by atoms with Gasteiger partial charge in [-0.2, -0.15) is 26.3 Å². The van der Waals surface area contributed by atoms with E-state index in [-0.39, 0.29) is 31.0 Å². The van der Waals surface area contributed by atoms with Gasteiger partial charge < -0.3 is 14.9 Å². The first kappa shape index (κ1) is 23.8. The Kier molecular flexibility index (Phi) is 6.16. The topological polar surface area (TPSA) is 56.7 Å². The number of carbonyl (C=O) groups is 1. The molecule has 1 aromatic carbocycles. The van der Waals surface area contributed by atoms with Crippen LogP contribution in [-0.4, -0.2) is 52.8 Å². The van der Waals surface area contributed by atoms with Crippen LogP contribution in [0.5, 0.6) is 0 Å². The number of hydrogen-bond donors (Lipinski definition) is 1. The van der Waals surface area contributed by atoms with E-state index in [0.29, 0.717) is 6.92 Å². The number of nitrogens with zero attached hydrogens (tertiary/aromatic N) is 3. The maximum atomic E-state index is 13.3. The normalized spacial score (nSPS) is 19.6. The molecule has 0 aliphatic carbocycles. The van der Waals surface area contributed by atoms with E-state index in [1.807, 2.05) is 0 Å². The lowest BCUT2D eigenvalue weighted by atomic mass is 9.94. The summed E-state index contributed by atoms with van der Waals surface area (Å²) in [7, 11) is 0. The highest BCUT2D eigenvalue weighted by Gasteiger charge is 2.51. The van der Waals surface area contributed by atoms with E-state index in [9.17, 15) is 36.2 Å². The standard InChI is InChI=1S/C21H21F6N3O2/c1-13-12-29(17-16(20(22,23)24)4-3-9-28-17)10-11-30(13)18(31)14-5-7-15(8-6-14)19(2,32)21(25,26)27/h3-9,13,32H,10-12H2,1-2H3/t13-,19-/m0/s1.